The molecule has 0 aliphatic heterocycles. The minimum atomic E-state index is 0.375. The molecule has 4 heteroatoms. The van der Waals surface area contributed by atoms with Gasteiger partial charge in [0.2, 0.25) is 0 Å². The summed E-state index contributed by atoms with van der Waals surface area (Å²) in [7, 11) is 0. The maximum Gasteiger partial charge on any atom is 0.0459 e. The lowest BCUT2D eigenvalue weighted by atomic mass is 9.44. The quantitative estimate of drug-likeness (QED) is 0.329. The zero-order valence-electron chi connectivity index (χ0n) is 22.1. The highest BCUT2D eigenvalue weighted by molar-refractivity contribution is 5.10. The first-order valence-electron chi connectivity index (χ1n) is 14.7. The van der Waals surface area contributed by atoms with Crippen LogP contribution < -0.4 is 16.4 Å². The highest BCUT2D eigenvalue weighted by Crippen LogP contribution is 2.68. The van der Waals surface area contributed by atoms with E-state index in [0.717, 1.165) is 68.2 Å². The van der Waals surface area contributed by atoms with Crippen LogP contribution in [0.5, 0.6) is 0 Å². The molecule has 192 valence electrons. The fraction of sp³-hybridized carbons (Fsp3) is 1.00. The number of hydrogen-bond donors (Lipinski definition) is 4. The van der Waals surface area contributed by atoms with Gasteiger partial charge in [0.05, 0.1) is 0 Å². The van der Waals surface area contributed by atoms with Crippen LogP contribution in [-0.2, 0) is 0 Å². The minimum Gasteiger partial charge on any atom is -0.396 e. The molecule has 0 aromatic heterocycles. The summed E-state index contributed by atoms with van der Waals surface area (Å²) in [5, 5.41) is 17.4. The van der Waals surface area contributed by atoms with Crippen molar-refractivity contribution in [3.05, 3.63) is 0 Å². The molecule has 4 saturated carbocycles. The second kappa shape index (κ2) is 11.3. The van der Waals surface area contributed by atoms with Gasteiger partial charge in [-0.3, -0.25) is 0 Å². The van der Waals surface area contributed by atoms with Gasteiger partial charge < -0.3 is 21.5 Å². The van der Waals surface area contributed by atoms with E-state index in [-0.39, 0.29) is 0 Å². The average Bonchev–Trinajstić information content (AvgIpc) is 3.17. The van der Waals surface area contributed by atoms with Gasteiger partial charge in [-0.15, -0.1) is 0 Å². The lowest BCUT2D eigenvalue weighted by Gasteiger charge is -2.61. The van der Waals surface area contributed by atoms with Crippen molar-refractivity contribution in [3.63, 3.8) is 0 Å². The van der Waals surface area contributed by atoms with Gasteiger partial charge in [0.25, 0.3) is 0 Å². The highest BCUT2D eigenvalue weighted by Gasteiger charge is 2.60. The van der Waals surface area contributed by atoms with E-state index in [1.807, 2.05) is 0 Å². The van der Waals surface area contributed by atoms with E-state index in [2.05, 4.69) is 31.4 Å². The Kier molecular flexibility index (Phi) is 8.85. The molecule has 0 bridgehead atoms. The van der Waals surface area contributed by atoms with Gasteiger partial charge in [-0.05, 0) is 150 Å². The molecule has 0 spiro atoms. The Labute approximate surface area is 204 Å². The number of nitrogens with two attached hydrogens (primary N) is 1. The smallest absolute Gasteiger partial charge is 0.0459 e. The van der Waals surface area contributed by atoms with Crippen LogP contribution in [0.15, 0.2) is 0 Å². The molecular formula is C29H55N3O. The minimum absolute atomic E-state index is 0.375. The summed E-state index contributed by atoms with van der Waals surface area (Å²) in [5.74, 6) is 4.98. The molecule has 5 N–H and O–H groups in total. The van der Waals surface area contributed by atoms with Crippen LogP contribution in [0.4, 0.5) is 0 Å². The molecule has 33 heavy (non-hydrogen) atoms. The maximum absolute atomic E-state index is 9.87. The molecule has 9 atom stereocenters. The number of unbranched alkanes of at least 4 members (excludes halogenated alkanes) is 1. The van der Waals surface area contributed by atoms with Gasteiger partial charge in [-0.1, -0.05) is 20.8 Å². The van der Waals surface area contributed by atoms with E-state index in [9.17, 15) is 5.11 Å². The summed E-state index contributed by atoms with van der Waals surface area (Å²) in [6.07, 6.45) is 16.4. The van der Waals surface area contributed by atoms with Crippen LogP contribution in [0.1, 0.15) is 97.8 Å². The van der Waals surface area contributed by atoms with Gasteiger partial charge in [0, 0.05) is 12.6 Å². The van der Waals surface area contributed by atoms with Crippen LogP contribution >= 0.6 is 0 Å². The van der Waals surface area contributed by atoms with Crippen molar-refractivity contribution < 1.29 is 5.11 Å². The third-order valence-corrected chi connectivity index (χ3v) is 11.5. The van der Waals surface area contributed by atoms with Crippen molar-refractivity contribution >= 4 is 0 Å². The molecular weight excluding hydrogens is 406 g/mol. The summed E-state index contributed by atoms with van der Waals surface area (Å²) in [4.78, 5) is 0. The summed E-state index contributed by atoms with van der Waals surface area (Å²) in [6.45, 7) is 12.2. The molecule has 4 unspecified atom stereocenters. The number of aliphatic hydroxyl groups is 1. The van der Waals surface area contributed by atoms with E-state index in [4.69, 9.17) is 5.73 Å². The Bertz CT molecular complexity index is 614. The van der Waals surface area contributed by atoms with Crippen LogP contribution in [0.3, 0.4) is 0 Å². The second-order valence-electron chi connectivity index (χ2n) is 13.1. The third kappa shape index (κ3) is 5.20. The summed E-state index contributed by atoms with van der Waals surface area (Å²) < 4.78 is 0. The van der Waals surface area contributed by atoms with E-state index in [0.29, 0.717) is 23.4 Å². The number of aliphatic hydroxyl groups excluding tert-OH is 1. The van der Waals surface area contributed by atoms with E-state index >= 15 is 0 Å². The van der Waals surface area contributed by atoms with Gasteiger partial charge in [0.1, 0.15) is 0 Å². The number of hydrogen-bond acceptors (Lipinski definition) is 4. The molecule has 4 nitrogen and oxygen atoms in total. The largest absolute Gasteiger partial charge is 0.396 e. The zero-order valence-corrected chi connectivity index (χ0v) is 22.1. The Morgan fingerprint density at radius 2 is 1.64 bits per heavy atom. The van der Waals surface area contributed by atoms with Gasteiger partial charge in [-0.2, -0.15) is 0 Å². The van der Waals surface area contributed by atoms with Crippen molar-refractivity contribution in [2.75, 3.05) is 32.8 Å². The maximum atomic E-state index is 9.87. The SMILES string of the molecule is C[C@H](CO)C1CCC2C3CC[C@H]4C[C@H](NCCCNCCCCN)CC[C@]4(C)C3CC[C@@]21C. The van der Waals surface area contributed by atoms with Gasteiger partial charge in [0.15, 0.2) is 0 Å². The summed E-state index contributed by atoms with van der Waals surface area (Å²) in [5.41, 5.74) is 6.64. The van der Waals surface area contributed by atoms with Crippen molar-refractivity contribution in [2.45, 2.75) is 104 Å². The fourth-order valence-corrected chi connectivity index (χ4v) is 9.58. The molecule has 4 aliphatic carbocycles. The molecule has 4 fully saturated rings. The standard InChI is InChI=1S/C29H55N3O/c1-21(20-33)25-9-10-26-24-8-7-22-19-23(32-18-6-17-31-16-5-4-15-30)11-13-28(22,2)27(24)12-14-29(25,26)3/h21-27,31-33H,4-20,30H2,1-3H3/t21-,22+,23-,24?,25?,26?,27?,28+,29-/m1/s1. The van der Waals surface area contributed by atoms with Crippen LogP contribution in [0, 0.1) is 46.3 Å². The molecule has 0 heterocycles. The zero-order chi connectivity index (χ0) is 23.5. The Morgan fingerprint density at radius 3 is 2.42 bits per heavy atom. The second-order valence-corrected chi connectivity index (χ2v) is 13.1. The number of rotatable bonds is 11. The molecule has 4 rings (SSSR count). The first kappa shape index (κ1) is 25.9. The van der Waals surface area contributed by atoms with E-state index in [1.165, 1.54) is 70.6 Å². The lowest BCUT2D eigenvalue weighted by molar-refractivity contribution is -0.118. The van der Waals surface area contributed by atoms with Crippen molar-refractivity contribution in [3.8, 4) is 0 Å². The molecule has 0 aromatic carbocycles. The van der Waals surface area contributed by atoms with Crippen LogP contribution in [0.2, 0.25) is 0 Å². The van der Waals surface area contributed by atoms with E-state index < -0.39 is 0 Å². The Hall–Kier alpha value is -0.160. The number of fused-ring (bicyclic) bond motifs is 5. The van der Waals surface area contributed by atoms with Gasteiger partial charge >= 0.3 is 0 Å². The molecule has 4 aliphatic rings. The monoisotopic (exact) mass is 461 g/mol. The fourth-order valence-electron chi connectivity index (χ4n) is 9.58. The normalized spacial score (nSPS) is 43.5. The number of nitrogens with one attached hydrogen (secondary N) is 2. The predicted molar refractivity (Wildman–Crippen MR) is 139 cm³/mol. The first-order valence-corrected chi connectivity index (χ1v) is 14.7. The van der Waals surface area contributed by atoms with Crippen molar-refractivity contribution in [2.24, 2.45) is 52.1 Å². The third-order valence-electron chi connectivity index (χ3n) is 11.5. The van der Waals surface area contributed by atoms with Crippen LogP contribution in [-0.4, -0.2) is 43.9 Å². The Morgan fingerprint density at radius 1 is 0.879 bits per heavy atom. The lowest BCUT2D eigenvalue weighted by Crippen LogP contribution is -2.55. The summed E-state index contributed by atoms with van der Waals surface area (Å²) in [6, 6.07) is 0.743. The van der Waals surface area contributed by atoms with Crippen molar-refractivity contribution in [1.82, 2.24) is 10.6 Å². The highest BCUT2D eigenvalue weighted by atomic mass is 16.3. The topological polar surface area (TPSA) is 70.3 Å². The predicted octanol–water partition coefficient (Wildman–Crippen LogP) is 4.95. The van der Waals surface area contributed by atoms with Crippen LogP contribution in [0.25, 0.3) is 0 Å². The van der Waals surface area contributed by atoms with Crippen molar-refractivity contribution in [1.29, 1.82) is 0 Å². The summed E-state index contributed by atoms with van der Waals surface area (Å²) >= 11 is 0. The molecule has 0 amide bonds. The average molecular weight is 462 g/mol. The molecule has 0 saturated heterocycles. The first-order chi connectivity index (χ1) is 15.9. The molecule has 0 aromatic rings. The Balaban J connectivity index is 1.27. The van der Waals surface area contributed by atoms with E-state index in [1.54, 1.807) is 0 Å². The van der Waals surface area contributed by atoms with Gasteiger partial charge in [-0.25, -0.2) is 0 Å². The molecule has 0 radical (unpaired) electrons.